The van der Waals surface area contributed by atoms with Crippen molar-refractivity contribution in [1.82, 2.24) is 0 Å². The number of aliphatic hydroxyl groups excluding tert-OH is 1. The van der Waals surface area contributed by atoms with Gasteiger partial charge in [-0.15, -0.1) is 11.8 Å². The molecule has 1 aliphatic carbocycles. The maximum absolute atomic E-state index is 11.8. The van der Waals surface area contributed by atoms with Gasteiger partial charge in [-0.3, -0.25) is 4.79 Å². The standard InChI is InChI=1S/C16H21NO2S/c1-10-4-3-5-11(8-10)20-12-6-7-13-14(9-12)17(2)16(19)15(13)18/h6-7,9-11,15,18H,3-5,8H2,1-2H3. The third-order valence-electron chi connectivity index (χ3n) is 4.41. The number of hydrogen-bond acceptors (Lipinski definition) is 3. The van der Waals surface area contributed by atoms with Crippen molar-refractivity contribution in [1.29, 1.82) is 0 Å². The topological polar surface area (TPSA) is 40.5 Å². The molecular formula is C16H21NO2S. The molecule has 0 bridgehead atoms. The molecule has 0 aromatic heterocycles. The summed E-state index contributed by atoms with van der Waals surface area (Å²) in [6, 6.07) is 5.99. The predicted octanol–water partition coefficient (Wildman–Crippen LogP) is 3.37. The first-order valence-corrected chi connectivity index (χ1v) is 8.20. The fourth-order valence-corrected chi connectivity index (χ4v) is 4.65. The van der Waals surface area contributed by atoms with E-state index in [0.29, 0.717) is 5.25 Å². The van der Waals surface area contributed by atoms with E-state index >= 15 is 0 Å². The zero-order chi connectivity index (χ0) is 14.3. The van der Waals surface area contributed by atoms with Crippen molar-refractivity contribution in [2.75, 3.05) is 11.9 Å². The largest absolute Gasteiger partial charge is 0.378 e. The summed E-state index contributed by atoms with van der Waals surface area (Å²) in [6.45, 7) is 2.33. The molecule has 3 rings (SSSR count). The van der Waals surface area contributed by atoms with Crippen LogP contribution in [0.5, 0.6) is 0 Å². The van der Waals surface area contributed by atoms with E-state index in [-0.39, 0.29) is 5.91 Å². The molecule has 0 saturated heterocycles. The fraction of sp³-hybridized carbons (Fsp3) is 0.562. The Morgan fingerprint density at radius 2 is 2.15 bits per heavy atom. The van der Waals surface area contributed by atoms with Crippen molar-refractivity contribution in [3.63, 3.8) is 0 Å². The van der Waals surface area contributed by atoms with Gasteiger partial charge in [0.1, 0.15) is 0 Å². The molecule has 1 heterocycles. The molecule has 1 N–H and O–H groups in total. The van der Waals surface area contributed by atoms with Crippen LogP contribution in [0, 0.1) is 5.92 Å². The lowest BCUT2D eigenvalue weighted by Crippen LogP contribution is -2.23. The van der Waals surface area contributed by atoms with Gasteiger partial charge in [-0.1, -0.05) is 25.8 Å². The molecule has 1 aromatic carbocycles. The predicted molar refractivity (Wildman–Crippen MR) is 82.1 cm³/mol. The number of hydrogen-bond donors (Lipinski definition) is 1. The van der Waals surface area contributed by atoms with Crippen molar-refractivity contribution in [3.05, 3.63) is 23.8 Å². The lowest BCUT2D eigenvalue weighted by Gasteiger charge is -2.26. The quantitative estimate of drug-likeness (QED) is 0.908. The Balaban J connectivity index is 1.78. The van der Waals surface area contributed by atoms with Crippen LogP contribution in [-0.4, -0.2) is 23.3 Å². The Morgan fingerprint density at radius 1 is 1.35 bits per heavy atom. The van der Waals surface area contributed by atoms with Crippen LogP contribution in [0.15, 0.2) is 23.1 Å². The summed E-state index contributed by atoms with van der Waals surface area (Å²) in [5.74, 6) is 0.593. The lowest BCUT2D eigenvalue weighted by atomic mass is 9.91. The van der Waals surface area contributed by atoms with Crippen LogP contribution in [-0.2, 0) is 4.79 Å². The minimum absolute atomic E-state index is 0.228. The molecule has 1 aliphatic heterocycles. The number of carbonyl (C=O) groups excluding carboxylic acids is 1. The molecule has 108 valence electrons. The summed E-state index contributed by atoms with van der Waals surface area (Å²) in [4.78, 5) is 14.5. The van der Waals surface area contributed by atoms with E-state index in [2.05, 4.69) is 6.92 Å². The molecule has 2 aliphatic rings. The normalized spacial score (nSPS) is 29.6. The van der Waals surface area contributed by atoms with E-state index in [1.54, 1.807) is 11.9 Å². The van der Waals surface area contributed by atoms with Crippen molar-refractivity contribution >= 4 is 23.4 Å². The fourth-order valence-electron chi connectivity index (χ4n) is 3.23. The van der Waals surface area contributed by atoms with Gasteiger partial charge in [-0.2, -0.15) is 0 Å². The summed E-state index contributed by atoms with van der Waals surface area (Å²) in [6.07, 6.45) is 4.25. The van der Waals surface area contributed by atoms with E-state index in [4.69, 9.17) is 0 Å². The number of carbonyl (C=O) groups is 1. The van der Waals surface area contributed by atoms with Crippen molar-refractivity contribution < 1.29 is 9.90 Å². The first-order chi connectivity index (χ1) is 9.56. The number of thioether (sulfide) groups is 1. The van der Waals surface area contributed by atoms with Gasteiger partial charge in [0.25, 0.3) is 5.91 Å². The summed E-state index contributed by atoms with van der Waals surface area (Å²) < 4.78 is 0. The smallest absolute Gasteiger partial charge is 0.260 e. The molecule has 1 fully saturated rings. The van der Waals surface area contributed by atoms with Crippen molar-refractivity contribution in [3.8, 4) is 0 Å². The van der Waals surface area contributed by atoms with Crippen LogP contribution in [0.3, 0.4) is 0 Å². The van der Waals surface area contributed by atoms with Gasteiger partial charge in [0, 0.05) is 22.8 Å². The summed E-state index contributed by atoms with van der Waals surface area (Å²) in [5, 5.41) is 10.6. The van der Waals surface area contributed by atoms with E-state index < -0.39 is 6.10 Å². The zero-order valence-electron chi connectivity index (χ0n) is 12.0. The first kappa shape index (κ1) is 14.0. The van der Waals surface area contributed by atoms with E-state index in [1.807, 2.05) is 30.0 Å². The molecule has 3 unspecified atom stereocenters. The maximum Gasteiger partial charge on any atom is 0.260 e. The van der Waals surface area contributed by atoms with Crippen molar-refractivity contribution in [2.45, 2.75) is 48.9 Å². The highest BCUT2D eigenvalue weighted by atomic mass is 32.2. The van der Waals surface area contributed by atoms with Gasteiger partial charge in [0.2, 0.25) is 0 Å². The molecule has 20 heavy (non-hydrogen) atoms. The van der Waals surface area contributed by atoms with Gasteiger partial charge in [-0.25, -0.2) is 0 Å². The number of fused-ring (bicyclic) bond motifs is 1. The van der Waals surface area contributed by atoms with E-state index in [1.165, 1.54) is 30.6 Å². The number of likely N-dealkylation sites (N-methyl/N-ethyl adjacent to an activating group) is 1. The second kappa shape index (κ2) is 5.41. The maximum atomic E-state index is 11.8. The third-order valence-corrected chi connectivity index (χ3v) is 5.70. The molecule has 3 nitrogen and oxygen atoms in total. The molecular weight excluding hydrogens is 270 g/mol. The van der Waals surface area contributed by atoms with Crippen LogP contribution >= 0.6 is 11.8 Å². The Labute approximate surface area is 124 Å². The van der Waals surface area contributed by atoms with Crippen LogP contribution in [0.2, 0.25) is 0 Å². The lowest BCUT2D eigenvalue weighted by molar-refractivity contribution is -0.125. The molecule has 1 aromatic rings. The first-order valence-electron chi connectivity index (χ1n) is 7.32. The number of aliphatic hydroxyl groups is 1. The second-order valence-electron chi connectivity index (χ2n) is 6.03. The van der Waals surface area contributed by atoms with Crippen LogP contribution in [0.4, 0.5) is 5.69 Å². The monoisotopic (exact) mass is 291 g/mol. The Morgan fingerprint density at radius 3 is 2.90 bits per heavy atom. The Hall–Kier alpha value is -1.00. The third kappa shape index (κ3) is 2.47. The van der Waals surface area contributed by atoms with Gasteiger partial charge in [0.15, 0.2) is 6.10 Å². The van der Waals surface area contributed by atoms with Gasteiger partial charge < -0.3 is 10.0 Å². The summed E-state index contributed by atoms with van der Waals surface area (Å²) in [5.41, 5.74) is 1.59. The van der Waals surface area contributed by atoms with E-state index in [0.717, 1.165) is 17.2 Å². The second-order valence-corrected chi connectivity index (χ2v) is 7.41. The molecule has 0 radical (unpaired) electrons. The Bertz CT molecular complexity index is 531. The zero-order valence-corrected chi connectivity index (χ0v) is 12.8. The number of benzene rings is 1. The van der Waals surface area contributed by atoms with Crippen LogP contribution in [0.1, 0.15) is 44.3 Å². The molecule has 3 atom stereocenters. The molecule has 4 heteroatoms. The highest BCUT2D eigenvalue weighted by Crippen LogP contribution is 2.41. The number of anilines is 1. The van der Waals surface area contributed by atoms with Crippen LogP contribution in [0.25, 0.3) is 0 Å². The highest BCUT2D eigenvalue weighted by molar-refractivity contribution is 8.00. The van der Waals surface area contributed by atoms with Crippen LogP contribution < -0.4 is 4.90 Å². The van der Waals surface area contributed by atoms with E-state index in [9.17, 15) is 9.90 Å². The molecule has 1 amide bonds. The Kier molecular flexibility index (Phi) is 3.78. The average Bonchev–Trinajstić information content (AvgIpc) is 2.64. The summed E-state index contributed by atoms with van der Waals surface area (Å²) >= 11 is 1.92. The average molecular weight is 291 g/mol. The number of rotatable bonds is 2. The minimum atomic E-state index is -0.983. The van der Waals surface area contributed by atoms with Gasteiger partial charge >= 0.3 is 0 Å². The minimum Gasteiger partial charge on any atom is -0.378 e. The SMILES string of the molecule is CC1CCCC(Sc2ccc3c(c2)N(C)C(=O)C3O)C1. The van der Waals surface area contributed by atoms with Crippen molar-refractivity contribution in [2.24, 2.45) is 5.92 Å². The molecule has 0 spiro atoms. The number of amides is 1. The van der Waals surface area contributed by atoms with Gasteiger partial charge in [-0.05, 0) is 30.9 Å². The number of nitrogens with zero attached hydrogens (tertiary/aromatic N) is 1. The summed E-state index contributed by atoms with van der Waals surface area (Å²) in [7, 11) is 1.73. The highest BCUT2D eigenvalue weighted by Gasteiger charge is 2.33. The molecule has 1 saturated carbocycles. The van der Waals surface area contributed by atoms with Gasteiger partial charge in [0.05, 0.1) is 5.69 Å².